The van der Waals surface area contributed by atoms with Crippen LogP contribution in [0, 0.1) is 0 Å². The number of rotatable bonds is 4. The first-order valence-electron chi connectivity index (χ1n) is 10.5. The largest absolute Gasteiger partial charge is 0.512 e. The number of aliphatic imine (C=N–C) groups is 2. The number of amidine groups is 1. The van der Waals surface area contributed by atoms with Crippen molar-refractivity contribution in [1.82, 2.24) is 0 Å². The summed E-state index contributed by atoms with van der Waals surface area (Å²) >= 11 is 0. The van der Waals surface area contributed by atoms with Gasteiger partial charge in [-0.2, -0.15) is 4.99 Å². The van der Waals surface area contributed by atoms with E-state index in [2.05, 4.69) is 30.8 Å². The van der Waals surface area contributed by atoms with Gasteiger partial charge in [-0.3, -0.25) is 4.79 Å². The van der Waals surface area contributed by atoms with Gasteiger partial charge in [0, 0.05) is 16.7 Å². The highest BCUT2D eigenvalue weighted by atomic mass is 16.5. The molecule has 1 aliphatic heterocycles. The second-order valence-electron chi connectivity index (χ2n) is 8.99. The normalized spacial score (nSPS) is 15.3. The summed E-state index contributed by atoms with van der Waals surface area (Å²) in [7, 11) is 0. The minimum atomic E-state index is -0.682. The molecule has 0 radical (unpaired) electrons. The van der Waals surface area contributed by atoms with Crippen LogP contribution in [0.2, 0.25) is 0 Å². The Morgan fingerprint density at radius 3 is 2.12 bits per heavy atom. The zero-order valence-electron chi connectivity index (χ0n) is 19.3. The van der Waals surface area contributed by atoms with E-state index in [1.807, 2.05) is 12.1 Å². The summed E-state index contributed by atoms with van der Waals surface area (Å²) in [5, 5.41) is 10.2. The van der Waals surface area contributed by atoms with Crippen LogP contribution in [-0.2, 0) is 14.9 Å². The summed E-state index contributed by atoms with van der Waals surface area (Å²) in [6.45, 7) is 11.2. The van der Waals surface area contributed by atoms with E-state index >= 15 is 0 Å². The summed E-state index contributed by atoms with van der Waals surface area (Å²) in [4.78, 5) is 34.2. The summed E-state index contributed by atoms with van der Waals surface area (Å²) in [5.74, 6) is -1.14. The Kier molecular flexibility index (Phi) is 6.44. The van der Waals surface area contributed by atoms with Gasteiger partial charge in [0.05, 0.1) is 11.8 Å². The van der Waals surface area contributed by atoms with Crippen LogP contribution in [0.1, 0.15) is 68.6 Å². The van der Waals surface area contributed by atoms with Crippen molar-refractivity contribution in [3.63, 3.8) is 0 Å². The fraction of sp³-hybridized carbons (Fsp3) is 0.308. The van der Waals surface area contributed by atoms with Crippen molar-refractivity contribution in [3.05, 3.63) is 82.1 Å². The van der Waals surface area contributed by atoms with E-state index in [9.17, 15) is 14.7 Å². The second-order valence-corrected chi connectivity index (χ2v) is 8.99. The molecule has 0 aromatic heterocycles. The van der Waals surface area contributed by atoms with E-state index in [1.165, 1.54) is 6.92 Å². The lowest BCUT2D eigenvalue weighted by Gasteiger charge is -2.18. The molecular weight excluding hydrogens is 404 g/mol. The zero-order valence-corrected chi connectivity index (χ0v) is 19.3. The Hall–Kier alpha value is -3.54. The van der Waals surface area contributed by atoms with Crippen LogP contribution in [0.3, 0.4) is 0 Å². The Labute approximate surface area is 188 Å². The van der Waals surface area contributed by atoms with Crippen LogP contribution in [-0.4, -0.2) is 34.6 Å². The molecule has 0 saturated heterocycles. The summed E-state index contributed by atoms with van der Waals surface area (Å²) in [5.41, 5.74) is 2.95. The second kappa shape index (κ2) is 8.91. The molecule has 1 N–H and O–H groups in total. The number of amides is 1. The molecular formula is C26H28N2O4. The number of carbonyl (C=O) groups excluding carboxylic acids is 2. The van der Waals surface area contributed by atoms with Crippen molar-refractivity contribution < 1.29 is 19.4 Å². The van der Waals surface area contributed by atoms with Gasteiger partial charge in [0.15, 0.2) is 5.84 Å². The van der Waals surface area contributed by atoms with E-state index in [1.54, 1.807) is 50.2 Å². The average Bonchev–Trinajstić information content (AvgIpc) is 3.05. The minimum Gasteiger partial charge on any atom is -0.512 e. The maximum absolute atomic E-state index is 12.9. The number of hydrogen-bond acceptors (Lipinski definition) is 4. The fourth-order valence-electron chi connectivity index (χ4n) is 3.35. The summed E-state index contributed by atoms with van der Waals surface area (Å²) in [6.07, 6.45) is -0.361. The van der Waals surface area contributed by atoms with Crippen molar-refractivity contribution in [1.29, 1.82) is 0 Å². The van der Waals surface area contributed by atoms with Crippen molar-refractivity contribution in [3.8, 4) is 0 Å². The number of ether oxygens (including phenoxy) is 1. The van der Waals surface area contributed by atoms with Gasteiger partial charge in [0.1, 0.15) is 11.3 Å². The molecule has 0 unspecified atom stereocenters. The third-order valence-electron chi connectivity index (χ3n) is 4.99. The topological polar surface area (TPSA) is 88.3 Å². The van der Waals surface area contributed by atoms with Gasteiger partial charge in [0.25, 0.3) is 5.91 Å². The molecule has 0 saturated carbocycles. The van der Waals surface area contributed by atoms with E-state index in [0.717, 1.165) is 5.56 Å². The predicted octanol–water partition coefficient (Wildman–Crippen LogP) is 5.16. The van der Waals surface area contributed by atoms with E-state index in [0.29, 0.717) is 16.7 Å². The number of benzene rings is 2. The maximum Gasteiger partial charge on any atom is 0.344 e. The van der Waals surface area contributed by atoms with Crippen LogP contribution in [0.25, 0.3) is 0 Å². The number of hydrogen-bond donors (Lipinski definition) is 1. The molecule has 0 atom stereocenters. The molecule has 1 amide bonds. The molecule has 0 bridgehead atoms. The number of aliphatic hydroxyl groups is 1. The first kappa shape index (κ1) is 23.1. The van der Waals surface area contributed by atoms with Gasteiger partial charge >= 0.3 is 5.97 Å². The summed E-state index contributed by atoms with van der Waals surface area (Å²) < 4.78 is 5.28. The number of allylic oxidation sites excluding steroid dienone is 1. The number of carbonyl (C=O) groups is 2. The zero-order chi connectivity index (χ0) is 23.6. The van der Waals surface area contributed by atoms with Crippen molar-refractivity contribution in [2.45, 2.75) is 53.1 Å². The molecule has 0 aliphatic carbocycles. The highest BCUT2D eigenvalue weighted by molar-refractivity contribution is 6.36. The Morgan fingerprint density at radius 1 is 1.00 bits per heavy atom. The molecule has 6 heteroatoms. The number of esters is 1. The molecule has 3 rings (SSSR count). The third kappa shape index (κ3) is 4.85. The van der Waals surface area contributed by atoms with Crippen LogP contribution in [0.15, 0.2) is 69.8 Å². The average molecular weight is 433 g/mol. The number of fused-ring (bicyclic) bond motifs is 1. The Bertz CT molecular complexity index is 1140. The molecule has 6 nitrogen and oxygen atoms in total. The smallest absolute Gasteiger partial charge is 0.344 e. The monoisotopic (exact) mass is 432 g/mol. The first-order valence-corrected chi connectivity index (χ1v) is 10.5. The van der Waals surface area contributed by atoms with Gasteiger partial charge in [-0.1, -0.05) is 57.2 Å². The molecule has 0 spiro atoms. The van der Waals surface area contributed by atoms with Crippen LogP contribution in [0.4, 0.5) is 0 Å². The third-order valence-corrected chi connectivity index (χ3v) is 4.99. The highest BCUT2D eigenvalue weighted by Crippen LogP contribution is 2.27. The molecule has 1 aliphatic rings. The quantitative estimate of drug-likeness (QED) is 0.411. The van der Waals surface area contributed by atoms with Crippen LogP contribution in [0.5, 0.6) is 0 Å². The van der Waals surface area contributed by atoms with E-state index < -0.39 is 11.9 Å². The van der Waals surface area contributed by atoms with E-state index in [-0.39, 0.29) is 34.4 Å². The van der Waals surface area contributed by atoms with Gasteiger partial charge in [-0.05, 0) is 43.9 Å². The Morgan fingerprint density at radius 2 is 1.59 bits per heavy atom. The van der Waals surface area contributed by atoms with Gasteiger partial charge < -0.3 is 9.84 Å². The van der Waals surface area contributed by atoms with Crippen LogP contribution >= 0.6 is 0 Å². The molecule has 1 heterocycles. The molecule has 32 heavy (non-hydrogen) atoms. The molecule has 2 aromatic carbocycles. The van der Waals surface area contributed by atoms with Gasteiger partial charge in [0.2, 0.25) is 0 Å². The molecule has 0 fully saturated rings. The highest BCUT2D eigenvalue weighted by Gasteiger charge is 2.31. The van der Waals surface area contributed by atoms with Gasteiger partial charge in [-0.15, -0.1) is 0 Å². The summed E-state index contributed by atoms with van der Waals surface area (Å²) in [6, 6.07) is 14.5. The molecule has 2 aromatic rings. The van der Waals surface area contributed by atoms with Gasteiger partial charge in [-0.25, -0.2) is 9.79 Å². The first-order chi connectivity index (χ1) is 15.0. The minimum absolute atomic E-state index is 0.0213. The fourth-order valence-corrected chi connectivity index (χ4v) is 3.35. The van der Waals surface area contributed by atoms with E-state index in [4.69, 9.17) is 4.74 Å². The SMILES string of the molecule is C/C(O)=C(/C(=O)OC(C)C)C1=NC(=NC(=O)c2ccc(C(C)(C)C)cc2)c2ccccc21. The van der Waals surface area contributed by atoms with Crippen molar-refractivity contribution in [2.24, 2.45) is 9.98 Å². The maximum atomic E-state index is 12.9. The lowest BCUT2D eigenvalue weighted by Crippen LogP contribution is -2.21. The number of aliphatic hydroxyl groups excluding tert-OH is 1. The lowest BCUT2D eigenvalue weighted by atomic mass is 9.87. The standard InChI is InChI=1S/C26H28N2O4/c1-15(2)32-25(31)21(16(3)29)22-19-9-7-8-10-20(19)23(27-22)28-24(30)17-11-13-18(14-12-17)26(4,5)6/h7-15,29H,1-6H3/b21-16-,28-23?. The lowest BCUT2D eigenvalue weighted by molar-refractivity contribution is -0.142. The predicted molar refractivity (Wildman–Crippen MR) is 126 cm³/mol. The van der Waals surface area contributed by atoms with Crippen molar-refractivity contribution >= 4 is 23.4 Å². The van der Waals surface area contributed by atoms with Crippen molar-refractivity contribution in [2.75, 3.05) is 0 Å². The van der Waals surface area contributed by atoms with Crippen LogP contribution < -0.4 is 0 Å². The molecule has 166 valence electrons. The Balaban J connectivity index is 2.03. The number of nitrogens with zero attached hydrogens (tertiary/aromatic N) is 2.